The number of nitrogens with zero attached hydrogens (tertiary/aromatic N) is 1. The average molecular weight is 320 g/mol. The van der Waals surface area contributed by atoms with Gasteiger partial charge in [-0.1, -0.05) is 20.8 Å². The van der Waals surface area contributed by atoms with Crippen molar-refractivity contribution < 1.29 is 14.3 Å². The molecule has 2 amide bonds. The van der Waals surface area contributed by atoms with Crippen molar-refractivity contribution in [3.63, 3.8) is 0 Å². The van der Waals surface area contributed by atoms with Crippen molar-refractivity contribution in [3.05, 3.63) is 23.3 Å². The number of aryl methyl sites for hydroxylation is 1. The van der Waals surface area contributed by atoms with Crippen molar-refractivity contribution in [2.75, 3.05) is 32.1 Å². The largest absolute Gasteiger partial charge is 0.496 e. The summed E-state index contributed by atoms with van der Waals surface area (Å²) in [6.45, 7) is 12.1. The lowest BCUT2D eigenvalue weighted by atomic mass is 9.88. The smallest absolute Gasteiger partial charge is 0.322 e. The first kappa shape index (κ1) is 17.6. The van der Waals surface area contributed by atoms with Gasteiger partial charge in [0.25, 0.3) is 0 Å². The number of urea groups is 1. The first-order valence-corrected chi connectivity index (χ1v) is 8.05. The topological polar surface area (TPSA) is 50.8 Å². The van der Waals surface area contributed by atoms with Crippen LogP contribution in [0.25, 0.3) is 0 Å². The SMILES string of the molecule is COc1cc(C)cc(NC(=O)N2CCOC(C(C)(C)C)C2)c1C. The number of rotatable bonds is 2. The van der Waals surface area contributed by atoms with Gasteiger partial charge in [-0.3, -0.25) is 0 Å². The van der Waals surface area contributed by atoms with Gasteiger partial charge in [-0.25, -0.2) is 4.79 Å². The molecule has 0 aromatic heterocycles. The first-order valence-electron chi connectivity index (χ1n) is 8.05. The lowest BCUT2D eigenvalue weighted by Crippen LogP contribution is -2.51. The van der Waals surface area contributed by atoms with E-state index in [9.17, 15) is 4.79 Å². The second kappa shape index (κ2) is 6.79. The molecule has 2 rings (SSSR count). The molecule has 0 saturated carbocycles. The summed E-state index contributed by atoms with van der Waals surface area (Å²) < 4.78 is 11.2. The lowest BCUT2D eigenvalue weighted by Gasteiger charge is -2.39. The van der Waals surface area contributed by atoms with Crippen LogP contribution in [-0.2, 0) is 4.74 Å². The Labute approximate surface area is 139 Å². The summed E-state index contributed by atoms with van der Waals surface area (Å²) in [7, 11) is 1.64. The maximum absolute atomic E-state index is 12.6. The van der Waals surface area contributed by atoms with E-state index in [2.05, 4.69) is 26.1 Å². The van der Waals surface area contributed by atoms with Crippen molar-refractivity contribution >= 4 is 11.7 Å². The van der Waals surface area contributed by atoms with Crippen LogP contribution in [0.5, 0.6) is 5.75 Å². The van der Waals surface area contributed by atoms with Gasteiger partial charge >= 0.3 is 6.03 Å². The number of carbonyl (C=O) groups is 1. The van der Waals surface area contributed by atoms with E-state index in [1.807, 2.05) is 30.9 Å². The third-order valence-electron chi connectivity index (χ3n) is 4.29. The van der Waals surface area contributed by atoms with Crippen LogP contribution in [0.3, 0.4) is 0 Å². The van der Waals surface area contributed by atoms with Gasteiger partial charge in [0.1, 0.15) is 5.75 Å². The molecule has 1 aliphatic heterocycles. The summed E-state index contributed by atoms with van der Waals surface area (Å²) >= 11 is 0. The van der Waals surface area contributed by atoms with Gasteiger partial charge in [0.15, 0.2) is 0 Å². The zero-order valence-corrected chi connectivity index (χ0v) is 15.0. The molecule has 0 bridgehead atoms. The molecule has 0 aliphatic carbocycles. The van der Waals surface area contributed by atoms with Crippen LogP contribution in [0.15, 0.2) is 12.1 Å². The Bertz CT molecular complexity index is 578. The predicted octanol–water partition coefficient (Wildman–Crippen LogP) is 3.59. The van der Waals surface area contributed by atoms with Crippen LogP contribution in [0.4, 0.5) is 10.5 Å². The molecule has 23 heavy (non-hydrogen) atoms. The van der Waals surface area contributed by atoms with E-state index < -0.39 is 0 Å². The summed E-state index contributed by atoms with van der Waals surface area (Å²) in [5.74, 6) is 0.787. The molecule has 1 atom stereocenters. The average Bonchev–Trinajstić information content (AvgIpc) is 2.49. The van der Waals surface area contributed by atoms with Gasteiger partial charge in [-0.15, -0.1) is 0 Å². The van der Waals surface area contributed by atoms with E-state index in [4.69, 9.17) is 9.47 Å². The standard InChI is InChI=1S/C18H28N2O3/c1-12-9-14(13(2)15(10-12)22-6)19-17(21)20-7-8-23-16(11-20)18(3,4)5/h9-10,16H,7-8,11H2,1-6H3,(H,19,21). The Morgan fingerprint density at radius 2 is 2.04 bits per heavy atom. The summed E-state index contributed by atoms with van der Waals surface area (Å²) in [5.41, 5.74) is 2.80. The fraction of sp³-hybridized carbons (Fsp3) is 0.611. The van der Waals surface area contributed by atoms with Crippen LogP contribution in [0, 0.1) is 19.3 Å². The van der Waals surface area contributed by atoms with Gasteiger partial charge in [0.05, 0.1) is 19.8 Å². The fourth-order valence-corrected chi connectivity index (χ4v) is 2.72. The predicted molar refractivity (Wildman–Crippen MR) is 92.3 cm³/mol. The van der Waals surface area contributed by atoms with E-state index in [-0.39, 0.29) is 17.6 Å². The molecule has 1 aromatic carbocycles. The second-order valence-electron chi connectivity index (χ2n) is 7.24. The highest BCUT2D eigenvalue weighted by Gasteiger charge is 2.32. The van der Waals surface area contributed by atoms with E-state index in [1.165, 1.54) is 0 Å². The molecule has 1 aromatic rings. The van der Waals surface area contributed by atoms with Crippen molar-refractivity contribution in [3.8, 4) is 5.75 Å². The van der Waals surface area contributed by atoms with E-state index in [0.29, 0.717) is 19.7 Å². The number of hydrogen-bond donors (Lipinski definition) is 1. The Balaban J connectivity index is 2.12. The van der Waals surface area contributed by atoms with E-state index >= 15 is 0 Å². The number of amides is 2. The highest BCUT2D eigenvalue weighted by Crippen LogP contribution is 2.29. The highest BCUT2D eigenvalue weighted by atomic mass is 16.5. The molecule has 1 fully saturated rings. The van der Waals surface area contributed by atoms with Gasteiger partial charge in [0, 0.05) is 24.3 Å². The van der Waals surface area contributed by atoms with E-state index in [0.717, 1.165) is 22.6 Å². The molecule has 128 valence electrons. The third kappa shape index (κ3) is 4.16. The molecule has 1 N–H and O–H groups in total. The first-order chi connectivity index (χ1) is 10.7. The van der Waals surface area contributed by atoms with Crippen LogP contribution in [0.1, 0.15) is 31.9 Å². The minimum Gasteiger partial charge on any atom is -0.496 e. The van der Waals surface area contributed by atoms with Crippen LogP contribution >= 0.6 is 0 Å². The maximum Gasteiger partial charge on any atom is 0.322 e. The zero-order valence-electron chi connectivity index (χ0n) is 15.0. The van der Waals surface area contributed by atoms with Crippen LogP contribution in [-0.4, -0.2) is 43.8 Å². The molecular weight excluding hydrogens is 292 g/mol. The number of methoxy groups -OCH3 is 1. The van der Waals surface area contributed by atoms with Gasteiger partial charge in [-0.05, 0) is 37.0 Å². The number of hydrogen-bond acceptors (Lipinski definition) is 3. The van der Waals surface area contributed by atoms with Crippen molar-refractivity contribution in [1.29, 1.82) is 0 Å². The normalized spacial score (nSPS) is 18.7. The summed E-state index contributed by atoms with van der Waals surface area (Å²) in [6, 6.07) is 3.85. The molecule has 1 saturated heterocycles. The second-order valence-corrected chi connectivity index (χ2v) is 7.24. The molecule has 0 spiro atoms. The number of anilines is 1. The number of benzene rings is 1. The molecule has 5 heteroatoms. The Kier molecular flexibility index (Phi) is 5.19. The molecule has 5 nitrogen and oxygen atoms in total. The Hall–Kier alpha value is -1.75. The van der Waals surface area contributed by atoms with Crippen molar-refractivity contribution in [2.45, 2.75) is 40.7 Å². The monoisotopic (exact) mass is 320 g/mol. The summed E-state index contributed by atoms with van der Waals surface area (Å²) in [4.78, 5) is 14.4. The summed E-state index contributed by atoms with van der Waals surface area (Å²) in [5, 5.41) is 3.02. The lowest BCUT2D eigenvalue weighted by molar-refractivity contribution is -0.0664. The molecular formula is C18H28N2O3. The summed E-state index contributed by atoms with van der Waals surface area (Å²) in [6.07, 6.45) is 0.0511. The Morgan fingerprint density at radius 3 is 2.65 bits per heavy atom. The van der Waals surface area contributed by atoms with Crippen molar-refractivity contribution in [1.82, 2.24) is 4.90 Å². The fourth-order valence-electron chi connectivity index (χ4n) is 2.72. The molecule has 0 radical (unpaired) electrons. The van der Waals surface area contributed by atoms with E-state index in [1.54, 1.807) is 7.11 Å². The van der Waals surface area contributed by atoms with Gasteiger partial charge < -0.3 is 19.7 Å². The molecule has 1 heterocycles. The quantitative estimate of drug-likeness (QED) is 0.906. The number of morpholine rings is 1. The van der Waals surface area contributed by atoms with Gasteiger partial charge in [-0.2, -0.15) is 0 Å². The zero-order chi connectivity index (χ0) is 17.2. The third-order valence-corrected chi connectivity index (χ3v) is 4.29. The molecule has 1 aliphatic rings. The van der Waals surface area contributed by atoms with Crippen LogP contribution < -0.4 is 10.1 Å². The minimum absolute atomic E-state index is 0.0153. The minimum atomic E-state index is -0.0849. The van der Waals surface area contributed by atoms with Gasteiger partial charge in [0.2, 0.25) is 0 Å². The Morgan fingerprint density at radius 1 is 1.35 bits per heavy atom. The van der Waals surface area contributed by atoms with Crippen molar-refractivity contribution in [2.24, 2.45) is 5.41 Å². The molecule has 1 unspecified atom stereocenters. The van der Waals surface area contributed by atoms with Crippen LogP contribution in [0.2, 0.25) is 0 Å². The number of ether oxygens (including phenoxy) is 2. The number of nitrogens with one attached hydrogen (secondary N) is 1. The highest BCUT2D eigenvalue weighted by molar-refractivity contribution is 5.90. The maximum atomic E-state index is 12.6. The number of carbonyl (C=O) groups excluding carboxylic acids is 1.